The minimum atomic E-state index is -0.766. The lowest BCUT2D eigenvalue weighted by Crippen LogP contribution is -2.52. The Morgan fingerprint density at radius 3 is 2.42 bits per heavy atom. The number of amides is 5. The largest absolute Gasteiger partial charge is 0.444 e. The van der Waals surface area contributed by atoms with E-state index >= 15 is 0 Å². The maximum Gasteiger partial charge on any atom is 0.410 e. The van der Waals surface area contributed by atoms with Crippen molar-refractivity contribution in [2.24, 2.45) is 5.11 Å². The molecule has 1 fully saturated rings. The molecule has 0 saturated carbocycles. The number of rotatable bonds is 17. The molecule has 1 unspecified atom stereocenters. The van der Waals surface area contributed by atoms with Gasteiger partial charge in [-0.1, -0.05) is 11.2 Å². The summed E-state index contributed by atoms with van der Waals surface area (Å²) >= 11 is 0. The summed E-state index contributed by atoms with van der Waals surface area (Å²) in [5.41, 5.74) is 8.88. The predicted molar refractivity (Wildman–Crippen MR) is 160 cm³/mol. The highest BCUT2D eigenvalue weighted by Crippen LogP contribution is 2.32. The number of hydrogen-bond acceptors (Lipinski definition) is 10. The molecular weight excluding hydrogens is 590 g/mol. The van der Waals surface area contributed by atoms with E-state index < -0.39 is 23.6 Å². The molecule has 3 rings (SSSR count). The number of nitrogens with one attached hydrogen (secondary N) is 2. The second-order valence-corrected chi connectivity index (χ2v) is 11.3. The number of piperidine rings is 1. The number of hydrogen-bond donors (Lipinski definition) is 2. The third-order valence-corrected chi connectivity index (χ3v) is 6.77. The smallest absolute Gasteiger partial charge is 0.410 e. The molecule has 246 valence electrons. The van der Waals surface area contributed by atoms with Gasteiger partial charge in [-0.05, 0) is 44.9 Å². The SMILES string of the molecule is CC(C)(C)OC(=O)N(CCOCCOCCOCCN=[N+]=[N-])CCC(=O)Nc1cccc2c1CN(C1CCC(=O)NC1=O)C2=O. The van der Waals surface area contributed by atoms with Crippen LogP contribution in [-0.4, -0.2) is 110 Å². The van der Waals surface area contributed by atoms with E-state index in [0.717, 1.165) is 0 Å². The zero-order chi connectivity index (χ0) is 32.8. The van der Waals surface area contributed by atoms with Crippen LogP contribution in [0.5, 0.6) is 0 Å². The summed E-state index contributed by atoms with van der Waals surface area (Å²) < 4.78 is 21.7. The van der Waals surface area contributed by atoms with Gasteiger partial charge in [-0.3, -0.25) is 24.5 Å². The molecule has 1 atom stereocenters. The van der Waals surface area contributed by atoms with Crippen LogP contribution in [0.25, 0.3) is 10.4 Å². The fraction of sp³-hybridized carbons (Fsp3) is 0.621. The van der Waals surface area contributed by atoms with Gasteiger partial charge in [0.1, 0.15) is 11.6 Å². The lowest BCUT2D eigenvalue weighted by molar-refractivity contribution is -0.137. The molecule has 1 aromatic rings. The summed E-state index contributed by atoms with van der Waals surface area (Å²) in [6, 6.07) is 4.19. The van der Waals surface area contributed by atoms with E-state index in [9.17, 15) is 24.0 Å². The maximum atomic E-state index is 13.1. The van der Waals surface area contributed by atoms with E-state index in [-0.39, 0.29) is 76.4 Å². The molecule has 16 nitrogen and oxygen atoms in total. The number of imide groups is 1. The van der Waals surface area contributed by atoms with Crippen LogP contribution in [0.15, 0.2) is 23.3 Å². The highest BCUT2D eigenvalue weighted by molar-refractivity contribution is 6.06. The molecule has 2 N–H and O–H groups in total. The van der Waals surface area contributed by atoms with Gasteiger partial charge in [0.2, 0.25) is 17.7 Å². The Labute approximate surface area is 261 Å². The van der Waals surface area contributed by atoms with E-state index in [1.54, 1.807) is 39.0 Å². The molecule has 45 heavy (non-hydrogen) atoms. The van der Waals surface area contributed by atoms with Crippen LogP contribution < -0.4 is 10.6 Å². The van der Waals surface area contributed by atoms with Crippen LogP contribution >= 0.6 is 0 Å². The lowest BCUT2D eigenvalue weighted by Gasteiger charge is -2.29. The number of nitrogens with zero attached hydrogens (tertiary/aromatic N) is 5. The zero-order valence-electron chi connectivity index (χ0n) is 25.9. The van der Waals surface area contributed by atoms with Gasteiger partial charge >= 0.3 is 6.09 Å². The van der Waals surface area contributed by atoms with Crippen molar-refractivity contribution < 1.29 is 42.9 Å². The first-order valence-corrected chi connectivity index (χ1v) is 14.8. The number of carbonyl (C=O) groups excluding carboxylic acids is 5. The van der Waals surface area contributed by atoms with Crippen LogP contribution in [0.4, 0.5) is 10.5 Å². The summed E-state index contributed by atoms with van der Waals surface area (Å²) in [7, 11) is 0. The van der Waals surface area contributed by atoms with Gasteiger partial charge in [0.15, 0.2) is 0 Å². The Morgan fingerprint density at radius 2 is 1.76 bits per heavy atom. The molecule has 2 heterocycles. The summed E-state index contributed by atoms with van der Waals surface area (Å²) in [6.45, 7) is 7.69. The van der Waals surface area contributed by atoms with E-state index in [1.807, 2.05) is 0 Å². The molecule has 0 spiro atoms. The first kappa shape index (κ1) is 35.2. The summed E-state index contributed by atoms with van der Waals surface area (Å²) in [5, 5.41) is 8.47. The summed E-state index contributed by atoms with van der Waals surface area (Å²) in [5.74, 6) is -1.60. The van der Waals surface area contributed by atoms with Crippen molar-refractivity contribution in [3.8, 4) is 0 Å². The van der Waals surface area contributed by atoms with E-state index in [2.05, 4.69) is 20.7 Å². The van der Waals surface area contributed by atoms with Crippen molar-refractivity contribution in [2.45, 2.75) is 58.2 Å². The van der Waals surface area contributed by atoms with Crippen LogP contribution in [0.2, 0.25) is 0 Å². The Hall–Kier alpha value is -4.24. The summed E-state index contributed by atoms with van der Waals surface area (Å²) in [6.07, 6.45) is -0.250. The average Bonchev–Trinajstić information content (AvgIpc) is 3.31. The first-order valence-electron chi connectivity index (χ1n) is 14.8. The Bertz CT molecular complexity index is 1280. The fourth-order valence-electron chi connectivity index (χ4n) is 4.64. The maximum absolute atomic E-state index is 13.1. The molecule has 0 bridgehead atoms. The van der Waals surface area contributed by atoms with Crippen molar-refractivity contribution >= 4 is 35.4 Å². The van der Waals surface area contributed by atoms with E-state index in [0.29, 0.717) is 43.2 Å². The third-order valence-electron chi connectivity index (χ3n) is 6.77. The Morgan fingerprint density at radius 1 is 1.07 bits per heavy atom. The topological polar surface area (TPSA) is 202 Å². The van der Waals surface area contributed by atoms with Crippen LogP contribution in [0.1, 0.15) is 56.0 Å². The van der Waals surface area contributed by atoms with Gasteiger partial charge in [-0.2, -0.15) is 0 Å². The fourth-order valence-corrected chi connectivity index (χ4v) is 4.64. The molecule has 16 heteroatoms. The van der Waals surface area contributed by atoms with E-state index in [1.165, 1.54) is 9.80 Å². The average molecular weight is 632 g/mol. The molecule has 0 aliphatic carbocycles. The molecule has 5 amide bonds. The lowest BCUT2D eigenvalue weighted by atomic mass is 10.0. The second-order valence-electron chi connectivity index (χ2n) is 11.3. The van der Waals surface area contributed by atoms with Gasteiger partial charge in [0.25, 0.3) is 5.91 Å². The monoisotopic (exact) mass is 631 g/mol. The third kappa shape index (κ3) is 11.3. The van der Waals surface area contributed by atoms with Gasteiger partial charge in [-0.15, -0.1) is 0 Å². The van der Waals surface area contributed by atoms with Crippen molar-refractivity contribution in [1.82, 2.24) is 15.1 Å². The Kier molecular flexibility index (Phi) is 13.5. The minimum absolute atomic E-state index is 0.0451. The zero-order valence-corrected chi connectivity index (χ0v) is 25.9. The predicted octanol–water partition coefficient (Wildman–Crippen LogP) is 2.37. The van der Waals surface area contributed by atoms with Crippen LogP contribution in [0, 0.1) is 0 Å². The highest BCUT2D eigenvalue weighted by Gasteiger charge is 2.40. The second kappa shape index (κ2) is 17.3. The molecule has 0 radical (unpaired) electrons. The number of azide groups is 1. The van der Waals surface area contributed by atoms with Crippen molar-refractivity contribution in [2.75, 3.05) is 64.6 Å². The van der Waals surface area contributed by atoms with Crippen LogP contribution in [-0.2, 0) is 39.9 Å². The van der Waals surface area contributed by atoms with Gasteiger partial charge in [0, 0.05) is 60.7 Å². The van der Waals surface area contributed by atoms with Gasteiger partial charge in [-0.25, -0.2) is 4.79 Å². The molecule has 1 saturated heterocycles. The number of benzene rings is 1. The van der Waals surface area contributed by atoms with Crippen molar-refractivity contribution in [1.29, 1.82) is 0 Å². The standard InChI is InChI=1S/C29H41N7O9/c1-29(2,3)45-28(41)35(12-14-43-16-18-44-17-15-42-13-10-31-34-30)11-9-25(38)32-22-6-4-5-20-21(22)19-36(27(20)40)23-7-8-24(37)33-26(23)39/h4-6,23H,7-19H2,1-3H3,(H,32,38)(H,33,37,39). The van der Waals surface area contributed by atoms with Crippen molar-refractivity contribution in [3.63, 3.8) is 0 Å². The first-order chi connectivity index (χ1) is 21.5. The van der Waals surface area contributed by atoms with Crippen LogP contribution in [0.3, 0.4) is 0 Å². The van der Waals surface area contributed by atoms with Gasteiger partial charge < -0.3 is 34.1 Å². The normalized spacial score (nSPS) is 16.1. The minimum Gasteiger partial charge on any atom is -0.444 e. The molecule has 0 aromatic heterocycles. The quantitative estimate of drug-likeness (QED) is 0.0851. The van der Waals surface area contributed by atoms with E-state index in [4.69, 9.17) is 24.5 Å². The highest BCUT2D eigenvalue weighted by atomic mass is 16.6. The number of fused-ring (bicyclic) bond motifs is 1. The summed E-state index contributed by atoms with van der Waals surface area (Å²) in [4.78, 5) is 68.3. The molecule has 2 aliphatic heterocycles. The molecular formula is C29H41N7O9. The number of carbonyl (C=O) groups is 5. The molecule has 2 aliphatic rings. The van der Waals surface area contributed by atoms with Gasteiger partial charge in [0.05, 0.1) is 39.6 Å². The van der Waals surface area contributed by atoms with Crippen molar-refractivity contribution in [3.05, 3.63) is 39.8 Å². The number of ether oxygens (including phenoxy) is 4. The molecule has 1 aromatic carbocycles. The Balaban J connectivity index is 1.48. The number of anilines is 1.